The topological polar surface area (TPSA) is 58.4 Å². The summed E-state index contributed by atoms with van der Waals surface area (Å²) >= 11 is 1.51. The maximum Gasteiger partial charge on any atom is 0.244 e. The lowest BCUT2D eigenvalue weighted by molar-refractivity contribution is -0.131. The van der Waals surface area contributed by atoms with Gasteiger partial charge in [0.25, 0.3) is 0 Å². The van der Waals surface area contributed by atoms with Crippen molar-refractivity contribution in [2.45, 2.75) is 13.1 Å². The monoisotopic (exact) mass is 289 g/mol. The van der Waals surface area contributed by atoms with Gasteiger partial charge in [0.1, 0.15) is 13.2 Å². The molecule has 2 heterocycles. The Balaban J connectivity index is 1.92. The molecule has 0 unspecified atom stereocenters. The van der Waals surface area contributed by atoms with E-state index in [9.17, 15) is 4.79 Å². The van der Waals surface area contributed by atoms with Crippen LogP contribution in [0.15, 0.2) is 29.9 Å². The van der Waals surface area contributed by atoms with E-state index in [2.05, 4.69) is 16.9 Å². The summed E-state index contributed by atoms with van der Waals surface area (Å²) < 4.78 is 1.60. The Morgan fingerprint density at radius 3 is 3.15 bits per heavy atom. The molecular formula is C14H15N3O2S. The molecule has 20 heavy (non-hydrogen) atoms. The number of aromatic nitrogens is 2. The molecule has 0 spiro atoms. The van der Waals surface area contributed by atoms with Crippen LogP contribution in [-0.2, 0) is 17.9 Å². The fourth-order valence-electron chi connectivity index (χ4n) is 1.67. The Morgan fingerprint density at radius 2 is 2.45 bits per heavy atom. The number of carbonyl (C=O) groups excluding carboxylic acids is 1. The lowest BCUT2D eigenvalue weighted by Crippen LogP contribution is -2.29. The summed E-state index contributed by atoms with van der Waals surface area (Å²) in [5.74, 6) is 5.46. The number of aliphatic hydroxyl groups excluding tert-OH is 1. The van der Waals surface area contributed by atoms with Crippen LogP contribution < -0.4 is 0 Å². The van der Waals surface area contributed by atoms with E-state index in [-0.39, 0.29) is 19.1 Å². The molecule has 0 radical (unpaired) electrons. The predicted octanol–water partition coefficient (Wildman–Crippen LogP) is 0.947. The van der Waals surface area contributed by atoms with E-state index in [1.165, 1.54) is 11.3 Å². The van der Waals surface area contributed by atoms with E-state index in [4.69, 9.17) is 5.11 Å². The molecule has 2 rings (SSSR count). The zero-order valence-corrected chi connectivity index (χ0v) is 11.9. The van der Waals surface area contributed by atoms with Crippen molar-refractivity contribution >= 4 is 17.2 Å². The van der Waals surface area contributed by atoms with E-state index in [0.29, 0.717) is 6.54 Å². The average molecular weight is 289 g/mol. The van der Waals surface area contributed by atoms with Crippen molar-refractivity contribution < 1.29 is 9.90 Å². The van der Waals surface area contributed by atoms with Gasteiger partial charge in [-0.3, -0.25) is 9.48 Å². The number of nitrogens with zero attached hydrogens (tertiary/aromatic N) is 3. The zero-order chi connectivity index (χ0) is 14.4. The van der Waals surface area contributed by atoms with Gasteiger partial charge in [0, 0.05) is 26.0 Å². The molecule has 0 aromatic carbocycles. The van der Waals surface area contributed by atoms with Crippen LogP contribution in [-0.4, -0.2) is 39.3 Å². The minimum Gasteiger partial charge on any atom is -0.384 e. The SMILES string of the molecule is CN(Cc1csc(C#CCO)c1)C(=O)Cn1cccn1. The Kier molecular flexibility index (Phi) is 4.93. The molecule has 0 aliphatic rings. The predicted molar refractivity (Wildman–Crippen MR) is 77.0 cm³/mol. The molecular weight excluding hydrogens is 274 g/mol. The first-order valence-electron chi connectivity index (χ1n) is 6.07. The van der Waals surface area contributed by atoms with E-state index in [1.807, 2.05) is 11.4 Å². The summed E-state index contributed by atoms with van der Waals surface area (Å²) in [6.07, 6.45) is 3.41. The second-order valence-electron chi connectivity index (χ2n) is 4.23. The molecule has 2 aromatic rings. The van der Waals surface area contributed by atoms with Crippen molar-refractivity contribution in [1.29, 1.82) is 0 Å². The van der Waals surface area contributed by atoms with Crippen LogP contribution in [0.2, 0.25) is 0 Å². The van der Waals surface area contributed by atoms with Crippen molar-refractivity contribution in [1.82, 2.24) is 14.7 Å². The van der Waals surface area contributed by atoms with E-state index < -0.39 is 0 Å². The van der Waals surface area contributed by atoms with Gasteiger partial charge in [0.2, 0.25) is 5.91 Å². The van der Waals surface area contributed by atoms with Crippen LogP contribution in [0.25, 0.3) is 0 Å². The molecule has 0 fully saturated rings. The molecule has 0 bridgehead atoms. The average Bonchev–Trinajstić information content (AvgIpc) is 3.08. The fraction of sp³-hybridized carbons (Fsp3) is 0.286. The number of rotatable bonds is 4. The quantitative estimate of drug-likeness (QED) is 0.853. The highest BCUT2D eigenvalue weighted by molar-refractivity contribution is 7.10. The highest BCUT2D eigenvalue weighted by atomic mass is 32.1. The minimum atomic E-state index is -0.143. The van der Waals surface area contributed by atoms with Gasteiger partial charge >= 0.3 is 0 Å². The van der Waals surface area contributed by atoms with Crippen LogP contribution in [0.5, 0.6) is 0 Å². The normalized spacial score (nSPS) is 9.90. The largest absolute Gasteiger partial charge is 0.384 e. The minimum absolute atomic E-state index is 0.00268. The van der Waals surface area contributed by atoms with Crippen LogP contribution in [0, 0.1) is 11.8 Å². The first kappa shape index (κ1) is 14.3. The highest BCUT2D eigenvalue weighted by Gasteiger charge is 2.11. The van der Waals surface area contributed by atoms with Gasteiger partial charge in [0.15, 0.2) is 0 Å². The zero-order valence-electron chi connectivity index (χ0n) is 11.1. The lowest BCUT2D eigenvalue weighted by Gasteiger charge is -2.16. The standard InChI is InChI=1S/C14H15N3O2S/c1-16(14(19)10-17-6-3-5-15-17)9-12-8-13(20-11-12)4-2-7-18/h3,5-6,8,11,18H,7,9-10H2,1H3. The molecule has 1 amide bonds. The third-order valence-electron chi connectivity index (χ3n) is 2.65. The van der Waals surface area contributed by atoms with Gasteiger partial charge in [-0.2, -0.15) is 5.10 Å². The van der Waals surface area contributed by atoms with Crippen LogP contribution in [0.1, 0.15) is 10.4 Å². The van der Waals surface area contributed by atoms with Gasteiger partial charge in [0.05, 0.1) is 4.88 Å². The van der Waals surface area contributed by atoms with Gasteiger partial charge in [-0.15, -0.1) is 11.3 Å². The maximum absolute atomic E-state index is 12.0. The Labute approximate surface area is 121 Å². The number of hydrogen-bond acceptors (Lipinski definition) is 4. The van der Waals surface area contributed by atoms with Gasteiger partial charge < -0.3 is 10.0 Å². The summed E-state index contributed by atoms with van der Waals surface area (Å²) in [5.41, 5.74) is 1.04. The molecule has 104 valence electrons. The van der Waals surface area contributed by atoms with Crippen molar-refractivity contribution in [3.05, 3.63) is 40.3 Å². The molecule has 0 atom stereocenters. The lowest BCUT2D eigenvalue weighted by atomic mass is 10.3. The summed E-state index contributed by atoms with van der Waals surface area (Å²) in [7, 11) is 1.77. The molecule has 5 nitrogen and oxygen atoms in total. The first-order valence-corrected chi connectivity index (χ1v) is 6.95. The van der Waals surface area contributed by atoms with E-state index in [1.54, 1.807) is 35.1 Å². The third kappa shape index (κ3) is 3.95. The number of amides is 1. The number of hydrogen-bond donors (Lipinski definition) is 1. The van der Waals surface area contributed by atoms with Crippen LogP contribution in [0.3, 0.4) is 0 Å². The summed E-state index contributed by atoms with van der Waals surface area (Å²) in [4.78, 5) is 14.6. The van der Waals surface area contributed by atoms with Crippen molar-refractivity contribution in [3.8, 4) is 11.8 Å². The van der Waals surface area contributed by atoms with E-state index in [0.717, 1.165) is 10.4 Å². The number of thiophene rings is 1. The van der Waals surface area contributed by atoms with Gasteiger partial charge in [-0.25, -0.2) is 0 Å². The Hall–Kier alpha value is -2.10. The summed E-state index contributed by atoms with van der Waals surface area (Å²) in [6, 6.07) is 3.73. The van der Waals surface area contributed by atoms with Gasteiger partial charge in [-0.05, 0) is 23.1 Å². The smallest absolute Gasteiger partial charge is 0.244 e. The number of aliphatic hydroxyl groups is 1. The Bertz CT molecular complexity index is 622. The van der Waals surface area contributed by atoms with Crippen molar-refractivity contribution in [2.75, 3.05) is 13.7 Å². The van der Waals surface area contributed by atoms with Gasteiger partial charge in [-0.1, -0.05) is 11.8 Å². The summed E-state index contributed by atoms with van der Waals surface area (Å²) in [5, 5.41) is 14.6. The Morgan fingerprint density at radius 1 is 1.60 bits per heavy atom. The van der Waals surface area contributed by atoms with Crippen LogP contribution >= 0.6 is 11.3 Å². The second kappa shape index (κ2) is 6.89. The molecule has 6 heteroatoms. The molecule has 0 aliphatic carbocycles. The molecule has 0 saturated carbocycles. The molecule has 0 aliphatic heterocycles. The third-order valence-corrected chi connectivity index (χ3v) is 3.54. The maximum atomic E-state index is 12.0. The summed E-state index contributed by atoms with van der Waals surface area (Å²) in [6.45, 7) is 0.637. The van der Waals surface area contributed by atoms with E-state index >= 15 is 0 Å². The number of carbonyl (C=O) groups is 1. The first-order chi connectivity index (χ1) is 9.69. The molecule has 1 N–H and O–H groups in total. The molecule has 0 saturated heterocycles. The number of likely N-dealkylation sites (N-methyl/N-ethyl adjacent to an activating group) is 1. The second-order valence-corrected chi connectivity index (χ2v) is 5.14. The fourth-order valence-corrected chi connectivity index (χ4v) is 2.44. The van der Waals surface area contributed by atoms with Crippen molar-refractivity contribution in [3.63, 3.8) is 0 Å². The molecule has 2 aromatic heterocycles. The van der Waals surface area contributed by atoms with Crippen LogP contribution in [0.4, 0.5) is 0 Å². The van der Waals surface area contributed by atoms with Crippen molar-refractivity contribution in [2.24, 2.45) is 0 Å². The highest BCUT2D eigenvalue weighted by Crippen LogP contribution is 2.15.